The van der Waals surface area contributed by atoms with Crippen molar-refractivity contribution >= 4 is 18.4 Å². The van der Waals surface area contributed by atoms with Crippen LogP contribution in [0.5, 0.6) is 5.75 Å². The van der Waals surface area contributed by atoms with E-state index >= 15 is 0 Å². The van der Waals surface area contributed by atoms with Crippen molar-refractivity contribution in [2.75, 3.05) is 14.2 Å². The minimum atomic E-state index is -0.273. The maximum absolute atomic E-state index is 13.1. The van der Waals surface area contributed by atoms with Gasteiger partial charge < -0.3 is 14.2 Å². The van der Waals surface area contributed by atoms with E-state index in [1.165, 1.54) is 12.7 Å². The molecule has 3 rings (SSSR count). The molecule has 0 heterocycles. The van der Waals surface area contributed by atoms with Crippen LogP contribution in [0.2, 0.25) is 0 Å². The number of carbonyl (C=O) groups excluding carboxylic acids is 1. The van der Waals surface area contributed by atoms with Crippen LogP contribution < -0.4 is 9.50 Å². The number of hydrogen-bond acceptors (Lipinski definition) is 5. The number of nitrogens with one attached hydrogen (secondary N) is 1. The quantitative estimate of drug-likeness (QED) is 0.368. The summed E-state index contributed by atoms with van der Waals surface area (Å²) in [6, 6.07) is 11.6. The summed E-state index contributed by atoms with van der Waals surface area (Å²) in [6.45, 7) is 4.43. The van der Waals surface area contributed by atoms with E-state index in [2.05, 4.69) is 37.1 Å². The maximum atomic E-state index is 13.1. The second-order valence-corrected chi connectivity index (χ2v) is 8.37. The zero-order valence-electron chi connectivity index (χ0n) is 18.4. The lowest BCUT2D eigenvalue weighted by atomic mass is 9.67. The van der Waals surface area contributed by atoms with Crippen LogP contribution in [-0.4, -0.2) is 20.1 Å². The van der Waals surface area contributed by atoms with Crippen LogP contribution in [0.4, 0.5) is 3.89 Å². The molecule has 0 spiro atoms. The summed E-state index contributed by atoms with van der Waals surface area (Å²) in [5, 5.41) is 3.34. The first-order chi connectivity index (χ1) is 14.9. The Hall–Kier alpha value is -2.49. The van der Waals surface area contributed by atoms with Crippen molar-refractivity contribution in [2.45, 2.75) is 51.0 Å². The summed E-state index contributed by atoms with van der Waals surface area (Å²) in [5.74, 6) is 6.62. The minimum Gasteiger partial charge on any atom is -0.469 e. The predicted molar refractivity (Wildman–Crippen MR) is 123 cm³/mol. The summed E-state index contributed by atoms with van der Waals surface area (Å²) < 4.78 is 23.1. The summed E-state index contributed by atoms with van der Waals surface area (Å²) in [7, 11) is 3.30. The van der Waals surface area contributed by atoms with Crippen molar-refractivity contribution in [1.82, 2.24) is 5.32 Å². The molecule has 2 aromatic carbocycles. The third-order valence-corrected chi connectivity index (χ3v) is 6.50. The van der Waals surface area contributed by atoms with Crippen molar-refractivity contribution in [1.29, 1.82) is 0 Å². The third kappa shape index (κ3) is 5.23. The van der Waals surface area contributed by atoms with Crippen LogP contribution >= 0.6 is 12.4 Å². The van der Waals surface area contributed by atoms with E-state index in [1.807, 2.05) is 37.4 Å². The molecule has 2 aromatic rings. The van der Waals surface area contributed by atoms with Crippen molar-refractivity contribution < 1.29 is 17.6 Å². The summed E-state index contributed by atoms with van der Waals surface area (Å²) in [6.07, 6.45) is 3.24. The van der Waals surface area contributed by atoms with E-state index in [1.54, 1.807) is 0 Å². The molecule has 1 aliphatic rings. The normalized spacial score (nSPS) is 19.7. The van der Waals surface area contributed by atoms with Gasteiger partial charge in [-0.05, 0) is 67.1 Å². The summed E-state index contributed by atoms with van der Waals surface area (Å²) in [5.41, 5.74) is 4.69. The number of ether oxygens (including phenoxy) is 1. The lowest BCUT2D eigenvalue weighted by Gasteiger charge is -2.39. The summed E-state index contributed by atoms with van der Waals surface area (Å²) in [4.78, 5) is 11.4. The van der Waals surface area contributed by atoms with E-state index in [9.17, 15) is 8.68 Å². The Balaban J connectivity index is 1.97. The number of halogens is 1. The average Bonchev–Trinajstić information content (AvgIpc) is 2.79. The Morgan fingerprint density at radius 3 is 2.58 bits per heavy atom. The molecule has 2 atom stereocenters. The fourth-order valence-corrected chi connectivity index (χ4v) is 4.35. The van der Waals surface area contributed by atoms with Gasteiger partial charge in [0.15, 0.2) is 0 Å². The molecule has 4 nitrogen and oxygen atoms in total. The molecule has 0 amide bonds. The molecule has 6 heteroatoms. The molecule has 31 heavy (non-hydrogen) atoms. The van der Waals surface area contributed by atoms with Crippen molar-refractivity contribution in [3.63, 3.8) is 0 Å². The number of fused-ring (bicyclic) bond motifs is 1. The smallest absolute Gasteiger partial charge is 0.309 e. The molecule has 0 radical (unpaired) electrons. The van der Waals surface area contributed by atoms with Gasteiger partial charge in [-0.1, -0.05) is 37.8 Å². The monoisotopic (exact) mass is 441 g/mol. The molecule has 1 N–H and O–H groups in total. The fraction of sp³-hybridized carbons (Fsp3) is 0.400. The zero-order chi connectivity index (χ0) is 22.4. The lowest BCUT2D eigenvalue weighted by molar-refractivity contribution is -0.139. The number of esters is 1. The number of hydrogen-bond donors (Lipinski definition) is 1. The molecule has 2 unspecified atom stereocenters. The molecule has 0 bridgehead atoms. The van der Waals surface area contributed by atoms with Gasteiger partial charge in [0.2, 0.25) is 0 Å². The first-order valence-corrected chi connectivity index (χ1v) is 11.1. The van der Waals surface area contributed by atoms with E-state index in [-0.39, 0.29) is 36.3 Å². The van der Waals surface area contributed by atoms with Crippen molar-refractivity contribution in [3.05, 3.63) is 64.2 Å². The van der Waals surface area contributed by atoms with E-state index in [4.69, 9.17) is 8.92 Å². The number of benzene rings is 2. The van der Waals surface area contributed by atoms with Crippen LogP contribution in [0.3, 0.4) is 0 Å². The maximum Gasteiger partial charge on any atom is 0.309 e. The molecule has 0 aliphatic heterocycles. The van der Waals surface area contributed by atoms with Crippen LogP contribution in [-0.2, 0) is 21.4 Å². The highest BCUT2D eigenvalue weighted by molar-refractivity contribution is 7.89. The topological polar surface area (TPSA) is 47.6 Å². The molecule has 0 aromatic heterocycles. The van der Waals surface area contributed by atoms with E-state index < -0.39 is 0 Å². The molecule has 164 valence electrons. The van der Waals surface area contributed by atoms with Gasteiger partial charge in [-0.25, -0.2) is 0 Å². The molecule has 0 saturated heterocycles. The Morgan fingerprint density at radius 1 is 1.26 bits per heavy atom. The van der Waals surface area contributed by atoms with Gasteiger partial charge >= 0.3 is 5.97 Å². The minimum absolute atomic E-state index is 0.00496. The van der Waals surface area contributed by atoms with Gasteiger partial charge in [0, 0.05) is 22.7 Å². The number of rotatable bonds is 6. The van der Waals surface area contributed by atoms with Gasteiger partial charge in [0.25, 0.3) is 12.4 Å². The van der Waals surface area contributed by atoms with Gasteiger partial charge in [-0.2, -0.15) is 0 Å². The first kappa shape index (κ1) is 23.2. The molecule has 0 fully saturated rings. The van der Waals surface area contributed by atoms with Crippen LogP contribution in [0, 0.1) is 11.8 Å². The third-order valence-electron chi connectivity index (χ3n) is 6.26. The van der Waals surface area contributed by atoms with Gasteiger partial charge in [-0.15, -0.1) is 3.89 Å². The largest absolute Gasteiger partial charge is 0.469 e. The molecular formula is C25H28FNO3S. The standard InChI is InChI=1S/C25H28FNO3S/c1-5-25(2)13-12-21(27-3)24-20(25)14-19(15-22(24)30-31-26)11-8-17-6-9-18(10-7-17)16-23(28)29-4/h6-7,9-10,14-15,21,27H,5,12-13,16H2,1-4H3. The van der Waals surface area contributed by atoms with Crippen LogP contribution in [0.25, 0.3) is 0 Å². The molecular weight excluding hydrogens is 413 g/mol. The highest BCUT2D eigenvalue weighted by Crippen LogP contribution is 2.48. The van der Waals surface area contributed by atoms with Crippen LogP contribution in [0.1, 0.15) is 67.0 Å². The van der Waals surface area contributed by atoms with E-state index in [0.717, 1.165) is 41.5 Å². The summed E-state index contributed by atoms with van der Waals surface area (Å²) >= 11 is -0.135. The SMILES string of the molecule is CCC1(C)CCC(NC)c2c(OSF)cc(C#Cc3ccc(CC(=O)OC)cc3)cc21. The lowest BCUT2D eigenvalue weighted by Crippen LogP contribution is -2.33. The Kier molecular flexibility index (Phi) is 7.64. The second kappa shape index (κ2) is 10.2. The zero-order valence-corrected chi connectivity index (χ0v) is 19.2. The highest BCUT2D eigenvalue weighted by atomic mass is 32.2. The number of methoxy groups -OCH3 is 1. The van der Waals surface area contributed by atoms with Crippen molar-refractivity contribution in [3.8, 4) is 17.6 Å². The van der Waals surface area contributed by atoms with E-state index in [0.29, 0.717) is 5.75 Å². The van der Waals surface area contributed by atoms with Gasteiger partial charge in [-0.3, -0.25) is 4.79 Å². The Labute approximate surface area is 188 Å². The van der Waals surface area contributed by atoms with Gasteiger partial charge in [0.1, 0.15) is 5.75 Å². The first-order valence-electron chi connectivity index (χ1n) is 10.4. The van der Waals surface area contributed by atoms with Gasteiger partial charge in [0.05, 0.1) is 13.5 Å². The molecule has 0 saturated carbocycles. The Morgan fingerprint density at radius 2 is 1.97 bits per heavy atom. The van der Waals surface area contributed by atoms with Crippen molar-refractivity contribution in [2.24, 2.45) is 0 Å². The predicted octanol–water partition coefficient (Wildman–Crippen LogP) is 5.44. The fourth-order valence-electron chi connectivity index (χ4n) is 4.15. The average molecular weight is 442 g/mol. The number of carbonyl (C=O) groups is 1. The highest BCUT2D eigenvalue weighted by Gasteiger charge is 2.37. The van der Waals surface area contributed by atoms with Crippen LogP contribution in [0.15, 0.2) is 36.4 Å². The second-order valence-electron chi connectivity index (χ2n) is 8.08. The Bertz CT molecular complexity index is 996. The molecule has 1 aliphatic carbocycles.